The fraction of sp³-hybridized carbons (Fsp3) is 0.312. The van der Waals surface area contributed by atoms with E-state index < -0.39 is 11.9 Å². The fourth-order valence-electron chi connectivity index (χ4n) is 2.05. The minimum absolute atomic E-state index is 0.0530. The van der Waals surface area contributed by atoms with Crippen molar-refractivity contribution in [1.82, 2.24) is 10.3 Å². The predicted octanol–water partition coefficient (Wildman–Crippen LogP) is 0.893. The zero-order valence-corrected chi connectivity index (χ0v) is 13.6. The summed E-state index contributed by atoms with van der Waals surface area (Å²) in [5, 5.41) is 5.35. The van der Waals surface area contributed by atoms with E-state index in [1.807, 2.05) is 35.7 Å². The maximum atomic E-state index is 12.0. The standard InChI is InChI=1S/C16H19N3O3S/c1-22-9-13(16(17)21)19-14(20)8-12-10-23-15(18-12)7-11-5-3-2-4-6-11/h2-6,10,13H,7-9H2,1H3,(H2,17,21)(H,19,20)/t13-/m0/s1. The number of aromatic nitrogens is 1. The van der Waals surface area contributed by atoms with Crippen molar-refractivity contribution in [1.29, 1.82) is 0 Å². The van der Waals surface area contributed by atoms with Crippen LogP contribution in [-0.2, 0) is 27.2 Å². The monoisotopic (exact) mass is 333 g/mol. The fourth-order valence-corrected chi connectivity index (χ4v) is 2.88. The Kier molecular flexibility index (Phi) is 6.25. The van der Waals surface area contributed by atoms with E-state index in [2.05, 4.69) is 10.3 Å². The highest BCUT2D eigenvalue weighted by Gasteiger charge is 2.18. The Morgan fingerprint density at radius 1 is 1.35 bits per heavy atom. The minimum Gasteiger partial charge on any atom is -0.382 e. The summed E-state index contributed by atoms with van der Waals surface area (Å²) in [4.78, 5) is 27.6. The van der Waals surface area contributed by atoms with Crippen molar-refractivity contribution in [2.45, 2.75) is 18.9 Å². The first-order chi connectivity index (χ1) is 11.1. The zero-order valence-electron chi connectivity index (χ0n) is 12.8. The molecule has 0 saturated carbocycles. The van der Waals surface area contributed by atoms with E-state index in [1.54, 1.807) is 0 Å². The third-order valence-electron chi connectivity index (χ3n) is 3.15. The number of hydrogen-bond acceptors (Lipinski definition) is 5. The summed E-state index contributed by atoms with van der Waals surface area (Å²) < 4.78 is 4.86. The molecule has 6 nitrogen and oxygen atoms in total. The number of carbonyl (C=O) groups excluding carboxylic acids is 2. The number of hydrogen-bond donors (Lipinski definition) is 2. The van der Waals surface area contributed by atoms with Gasteiger partial charge in [-0.1, -0.05) is 30.3 Å². The summed E-state index contributed by atoms with van der Waals surface area (Å²) in [5.41, 5.74) is 7.06. The number of nitrogens with two attached hydrogens (primary N) is 1. The van der Waals surface area contributed by atoms with Crippen LogP contribution in [0.25, 0.3) is 0 Å². The normalized spacial score (nSPS) is 11.9. The highest BCUT2D eigenvalue weighted by molar-refractivity contribution is 7.09. The lowest BCUT2D eigenvalue weighted by atomic mass is 10.2. The van der Waals surface area contributed by atoms with Gasteiger partial charge in [-0.25, -0.2) is 4.98 Å². The highest BCUT2D eigenvalue weighted by atomic mass is 32.1. The molecule has 0 spiro atoms. The Hall–Kier alpha value is -2.25. The van der Waals surface area contributed by atoms with Gasteiger partial charge in [0.25, 0.3) is 0 Å². The number of rotatable bonds is 8. The first-order valence-electron chi connectivity index (χ1n) is 7.13. The van der Waals surface area contributed by atoms with Gasteiger partial charge in [0.2, 0.25) is 11.8 Å². The molecule has 122 valence electrons. The maximum Gasteiger partial charge on any atom is 0.242 e. The second-order valence-corrected chi connectivity index (χ2v) is 5.99. The number of ether oxygens (including phenoxy) is 1. The molecule has 1 atom stereocenters. The van der Waals surface area contributed by atoms with Crippen LogP contribution >= 0.6 is 11.3 Å². The Morgan fingerprint density at radius 2 is 2.09 bits per heavy atom. The van der Waals surface area contributed by atoms with Crippen molar-refractivity contribution in [2.24, 2.45) is 5.73 Å². The molecule has 1 heterocycles. The van der Waals surface area contributed by atoms with E-state index in [9.17, 15) is 9.59 Å². The van der Waals surface area contributed by atoms with Crippen LogP contribution in [0.1, 0.15) is 16.3 Å². The van der Waals surface area contributed by atoms with Crippen LogP contribution in [0.3, 0.4) is 0 Å². The van der Waals surface area contributed by atoms with Gasteiger partial charge in [-0.05, 0) is 5.56 Å². The Morgan fingerprint density at radius 3 is 2.74 bits per heavy atom. The molecule has 2 amide bonds. The molecule has 0 radical (unpaired) electrons. The second-order valence-electron chi connectivity index (χ2n) is 5.05. The van der Waals surface area contributed by atoms with Crippen LogP contribution in [0.15, 0.2) is 35.7 Å². The smallest absolute Gasteiger partial charge is 0.242 e. The molecule has 23 heavy (non-hydrogen) atoms. The van der Waals surface area contributed by atoms with E-state index in [-0.39, 0.29) is 18.9 Å². The van der Waals surface area contributed by atoms with Crippen LogP contribution in [-0.4, -0.2) is 36.6 Å². The van der Waals surface area contributed by atoms with Crippen molar-refractivity contribution in [2.75, 3.05) is 13.7 Å². The van der Waals surface area contributed by atoms with Crippen molar-refractivity contribution in [3.05, 3.63) is 52.0 Å². The zero-order chi connectivity index (χ0) is 16.7. The lowest BCUT2D eigenvalue weighted by Crippen LogP contribution is -2.47. The number of benzene rings is 1. The van der Waals surface area contributed by atoms with Crippen molar-refractivity contribution >= 4 is 23.2 Å². The van der Waals surface area contributed by atoms with E-state index >= 15 is 0 Å². The highest BCUT2D eigenvalue weighted by Crippen LogP contribution is 2.15. The number of methoxy groups -OCH3 is 1. The van der Waals surface area contributed by atoms with Gasteiger partial charge in [-0.2, -0.15) is 0 Å². The summed E-state index contributed by atoms with van der Waals surface area (Å²) in [6.07, 6.45) is 0.847. The molecule has 2 aromatic rings. The average molecular weight is 333 g/mol. The van der Waals surface area contributed by atoms with Crippen LogP contribution in [0.5, 0.6) is 0 Å². The van der Waals surface area contributed by atoms with Crippen LogP contribution in [0.4, 0.5) is 0 Å². The molecule has 0 fully saturated rings. The Bertz CT molecular complexity index is 658. The molecule has 0 bridgehead atoms. The van der Waals surface area contributed by atoms with Crippen LogP contribution in [0.2, 0.25) is 0 Å². The van der Waals surface area contributed by atoms with Crippen LogP contribution < -0.4 is 11.1 Å². The molecule has 1 aromatic carbocycles. The summed E-state index contributed by atoms with van der Waals surface area (Å²) >= 11 is 1.51. The van der Waals surface area contributed by atoms with Crippen molar-refractivity contribution < 1.29 is 14.3 Å². The quantitative estimate of drug-likeness (QED) is 0.750. The second kappa shape index (κ2) is 8.40. The molecule has 0 aliphatic carbocycles. The molecule has 0 aliphatic rings. The first-order valence-corrected chi connectivity index (χ1v) is 8.01. The van der Waals surface area contributed by atoms with E-state index in [1.165, 1.54) is 24.0 Å². The molecular formula is C16H19N3O3S. The third kappa shape index (κ3) is 5.46. The van der Waals surface area contributed by atoms with Gasteiger partial charge in [-0.3, -0.25) is 9.59 Å². The lowest BCUT2D eigenvalue weighted by Gasteiger charge is -2.13. The van der Waals surface area contributed by atoms with E-state index in [0.29, 0.717) is 5.69 Å². The summed E-state index contributed by atoms with van der Waals surface area (Å²) in [6, 6.07) is 9.19. The number of primary amides is 1. The van der Waals surface area contributed by atoms with Gasteiger partial charge in [-0.15, -0.1) is 11.3 Å². The number of nitrogens with zero attached hydrogens (tertiary/aromatic N) is 1. The van der Waals surface area contributed by atoms with Gasteiger partial charge in [0.1, 0.15) is 6.04 Å². The van der Waals surface area contributed by atoms with Gasteiger partial charge in [0.05, 0.1) is 23.7 Å². The van der Waals surface area contributed by atoms with Gasteiger partial charge >= 0.3 is 0 Å². The summed E-state index contributed by atoms with van der Waals surface area (Å²) in [7, 11) is 1.44. The molecule has 7 heteroatoms. The number of carbonyl (C=O) groups is 2. The SMILES string of the molecule is COC[C@H](NC(=O)Cc1csc(Cc2ccccc2)n1)C(N)=O. The average Bonchev–Trinajstić information content (AvgIpc) is 2.94. The molecular weight excluding hydrogens is 314 g/mol. The van der Waals surface area contributed by atoms with Crippen molar-refractivity contribution in [3.63, 3.8) is 0 Å². The van der Waals surface area contributed by atoms with Crippen LogP contribution in [0, 0.1) is 0 Å². The Balaban J connectivity index is 1.90. The molecule has 2 rings (SSSR count). The van der Waals surface area contributed by atoms with E-state index in [0.717, 1.165) is 11.4 Å². The molecule has 1 aromatic heterocycles. The van der Waals surface area contributed by atoms with Crippen molar-refractivity contribution in [3.8, 4) is 0 Å². The molecule has 0 aliphatic heterocycles. The predicted molar refractivity (Wildman–Crippen MR) is 88.1 cm³/mol. The van der Waals surface area contributed by atoms with Gasteiger partial charge in [0, 0.05) is 18.9 Å². The van der Waals surface area contributed by atoms with E-state index in [4.69, 9.17) is 10.5 Å². The summed E-state index contributed by atoms with van der Waals surface area (Å²) in [6.45, 7) is 0.0530. The lowest BCUT2D eigenvalue weighted by molar-refractivity contribution is -0.128. The first kappa shape index (κ1) is 17.1. The number of amides is 2. The third-order valence-corrected chi connectivity index (χ3v) is 4.05. The number of nitrogens with one attached hydrogen (secondary N) is 1. The summed E-state index contributed by atoms with van der Waals surface area (Å²) in [5.74, 6) is -0.925. The molecule has 0 saturated heterocycles. The van der Waals surface area contributed by atoms with Gasteiger partial charge < -0.3 is 15.8 Å². The molecule has 0 unspecified atom stereocenters. The topological polar surface area (TPSA) is 94.3 Å². The Labute approximate surface area is 138 Å². The minimum atomic E-state index is -0.824. The molecule has 3 N–H and O–H groups in total. The largest absolute Gasteiger partial charge is 0.382 e. The number of thiazole rings is 1. The van der Waals surface area contributed by atoms with Gasteiger partial charge in [0.15, 0.2) is 0 Å². The maximum absolute atomic E-state index is 12.0.